The number of amides is 8. The number of nitrogens with two attached hydrogens (primary N) is 2. The predicted octanol–water partition coefficient (Wildman–Crippen LogP) is 0.307. The van der Waals surface area contributed by atoms with Crippen molar-refractivity contribution < 1.29 is 48.3 Å². The Hall–Kier alpha value is -4.85. The highest BCUT2D eigenvalue weighted by molar-refractivity contribution is 5.97. The number of carboxylic acids is 1. The van der Waals surface area contributed by atoms with E-state index in [1.165, 1.54) is 13.8 Å². The highest BCUT2D eigenvalue weighted by Crippen LogP contribution is 2.13. The quantitative estimate of drug-likeness (QED) is 0.0419. The Morgan fingerprint density at radius 1 is 0.422 bits per heavy atom. The van der Waals surface area contributed by atoms with Gasteiger partial charge in [0.2, 0.25) is 47.3 Å². The number of carbonyl (C=O) groups is 9. The molecular weight excluding hydrogens is 829 g/mol. The van der Waals surface area contributed by atoms with Crippen molar-refractivity contribution in [3.63, 3.8) is 0 Å². The summed E-state index contributed by atoms with van der Waals surface area (Å²) < 4.78 is 0. The third kappa shape index (κ3) is 24.9. The summed E-state index contributed by atoms with van der Waals surface area (Å²) in [6.07, 6.45) is 2.79. The van der Waals surface area contributed by atoms with Crippen LogP contribution in [0.5, 0.6) is 0 Å². The van der Waals surface area contributed by atoms with Gasteiger partial charge < -0.3 is 59.1 Å². The third-order valence-corrected chi connectivity index (χ3v) is 9.93. The fourth-order valence-electron chi connectivity index (χ4n) is 6.59. The lowest BCUT2D eigenvalue weighted by atomic mass is 9.98. The van der Waals surface area contributed by atoms with E-state index in [-0.39, 0.29) is 61.7 Å². The van der Waals surface area contributed by atoms with Gasteiger partial charge in [-0.25, -0.2) is 4.79 Å². The number of carboxylic acid groups (broad SMARTS) is 1. The van der Waals surface area contributed by atoms with Gasteiger partial charge in [0.25, 0.3) is 0 Å². The van der Waals surface area contributed by atoms with Crippen LogP contribution in [0.2, 0.25) is 0 Å². The topological polar surface area (TPSA) is 322 Å². The van der Waals surface area contributed by atoms with Gasteiger partial charge in [-0.2, -0.15) is 0 Å². The van der Waals surface area contributed by atoms with Crippen molar-refractivity contribution in [1.82, 2.24) is 42.5 Å². The monoisotopic (exact) mass is 911 g/mol. The van der Waals surface area contributed by atoms with Crippen LogP contribution < -0.4 is 54.0 Å². The van der Waals surface area contributed by atoms with Gasteiger partial charge in [0.05, 0.1) is 12.6 Å². The summed E-state index contributed by atoms with van der Waals surface area (Å²) in [5.41, 5.74) is 11.6. The van der Waals surface area contributed by atoms with E-state index in [9.17, 15) is 48.3 Å². The molecule has 0 saturated heterocycles. The van der Waals surface area contributed by atoms with Crippen LogP contribution in [0.3, 0.4) is 0 Å². The van der Waals surface area contributed by atoms with Crippen molar-refractivity contribution in [1.29, 1.82) is 0 Å². The summed E-state index contributed by atoms with van der Waals surface area (Å²) in [5, 5.41) is 30.2. The lowest BCUT2D eigenvalue weighted by Gasteiger charge is -2.28. The van der Waals surface area contributed by atoms with Crippen LogP contribution in [-0.2, 0) is 43.2 Å². The maximum Gasteiger partial charge on any atom is 0.326 e. The highest BCUT2D eigenvalue weighted by atomic mass is 16.4. The normalized spacial score (nSPS) is 15.2. The molecule has 0 unspecified atom stereocenters. The SMILES string of the molecule is CC(C)C[C@H](NC(=O)CNC(=O)[C@H](C)NC(=O)[C@H](CC(C)C)NC(=O)[C@H](C)NC(=O)[C@H](CC(C)C)NC(=O)[C@H](CC(C)C)NC(=O)[C@H](CC(C)C)NC(=O)[C@@H](N)CCCCN)C(=O)O. The molecule has 0 aromatic rings. The second-order valence-electron chi connectivity index (χ2n) is 18.9. The van der Waals surface area contributed by atoms with E-state index in [2.05, 4.69) is 42.5 Å². The van der Waals surface area contributed by atoms with Gasteiger partial charge in [-0.05, 0) is 94.9 Å². The van der Waals surface area contributed by atoms with Gasteiger partial charge in [0.15, 0.2) is 0 Å². The Morgan fingerprint density at radius 3 is 1.11 bits per heavy atom. The Kier molecular flexibility index (Phi) is 28.0. The highest BCUT2D eigenvalue weighted by Gasteiger charge is 2.33. The molecule has 368 valence electrons. The van der Waals surface area contributed by atoms with E-state index in [1.54, 1.807) is 13.8 Å². The number of carbonyl (C=O) groups excluding carboxylic acids is 8. The van der Waals surface area contributed by atoms with E-state index < -0.39 is 108 Å². The van der Waals surface area contributed by atoms with Gasteiger partial charge in [-0.15, -0.1) is 0 Å². The van der Waals surface area contributed by atoms with Crippen molar-refractivity contribution in [3.8, 4) is 0 Å². The molecular formula is C44H82N10O10. The molecule has 0 aromatic carbocycles. The van der Waals surface area contributed by atoms with Gasteiger partial charge in [-0.3, -0.25) is 38.4 Å². The largest absolute Gasteiger partial charge is 0.480 e. The molecule has 0 aliphatic rings. The lowest BCUT2D eigenvalue weighted by Crippen LogP contribution is -2.60. The van der Waals surface area contributed by atoms with Crippen LogP contribution >= 0.6 is 0 Å². The summed E-state index contributed by atoms with van der Waals surface area (Å²) in [7, 11) is 0. The van der Waals surface area contributed by atoms with Crippen molar-refractivity contribution in [3.05, 3.63) is 0 Å². The van der Waals surface area contributed by atoms with E-state index in [0.29, 0.717) is 25.8 Å². The predicted molar refractivity (Wildman–Crippen MR) is 244 cm³/mol. The van der Waals surface area contributed by atoms with Crippen LogP contribution in [0.15, 0.2) is 0 Å². The fraction of sp³-hybridized carbons (Fsp3) is 0.795. The minimum atomic E-state index is -1.20. The molecule has 0 bridgehead atoms. The van der Waals surface area contributed by atoms with Crippen LogP contribution in [0.4, 0.5) is 0 Å². The molecule has 0 aromatic heterocycles. The summed E-state index contributed by atoms with van der Waals surface area (Å²) in [5.74, 6) is -6.65. The first-order valence-corrected chi connectivity index (χ1v) is 22.8. The molecule has 64 heavy (non-hydrogen) atoms. The molecule has 0 aliphatic heterocycles. The molecule has 0 heterocycles. The first-order chi connectivity index (χ1) is 29.7. The van der Waals surface area contributed by atoms with Crippen LogP contribution in [0.25, 0.3) is 0 Å². The Balaban J connectivity index is 5.87. The van der Waals surface area contributed by atoms with Crippen molar-refractivity contribution in [2.24, 2.45) is 41.1 Å². The van der Waals surface area contributed by atoms with E-state index in [1.807, 2.05) is 55.4 Å². The van der Waals surface area contributed by atoms with E-state index in [0.717, 1.165) is 0 Å². The van der Waals surface area contributed by atoms with Gasteiger partial charge >= 0.3 is 5.97 Å². The third-order valence-electron chi connectivity index (χ3n) is 9.93. The smallest absolute Gasteiger partial charge is 0.326 e. The Labute approximate surface area is 380 Å². The zero-order chi connectivity index (χ0) is 49.4. The fourth-order valence-corrected chi connectivity index (χ4v) is 6.59. The van der Waals surface area contributed by atoms with E-state index in [4.69, 9.17) is 11.5 Å². The second-order valence-corrected chi connectivity index (χ2v) is 18.9. The van der Waals surface area contributed by atoms with E-state index >= 15 is 0 Å². The Bertz CT molecular complexity index is 1540. The van der Waals surface area contributed by atoms with Gasteiger partial charge in [0.1, 0.15) is 42.3 Å². The number of nitrogens with one attached hydrogen (secondary N) is 8. The molecule has 0 fully saturated rings. The number of hydrogen-bond acceptors (Lipinski definition) is 11. The van der Waals surface area contributed by atoms with Crippen molar-refractivity contribution in [2.45, 2.75) is 183 Å². The zero-order valence-electron chi connectivity index (χ0n) is 40.4. The van der Waals surface area contributed by atoms with Gasteiger partial charge in [-0.1, -0.05) is 75.7 Å². The first-order valence-electron chi connectivity index (χ1n) is 22.8. The molecule has 8 atom stereocenters. The molecule has 20 nitrogen and oxygen atoms in total. The number of aliphatic carboxylic acids is 1. The molecule has 0 radical (unpaired) electrons. The summed E-state index contributed by atoms with van der Waals surface area (Å²) in [6.45, 7) is 21.2. The number of hydrogen-bond donors (Lipinski definition) is 11. The minimum Gasteiger partial charge on any atom is -0.480 e. The number of unbranched alkanes of at least 4 members (excludes halogenated alkanes) is 1. The molecule has 0 aliphatic carbocycles. The summed E-state index contributed by atoms with van der Waals surface area (Å²) in [6, 6.07) is -8.58. The van der Waals surface area contributed by atoms with Crippen LogP contribution in [-0.4, -0.2) is 120 Å². The van der Waals surface area contributed by atoms with Crippen molar-refractivity contribution in [2.75, 3.05) is 13.1 Å². The molecule has 13 N–H and O–H groups in total. The molecule has 20 heteroatoms. The summed E-state index contributed by atoms with van der Waals surface area (Å²) >= 11 is 0. The average molecular weight is 911 g/mol. The summed E-state index contributed by atoms with van der Waals surface area (Å²) in [4.78, 5) is 118. The average Bonchev–Trinajstić information content (AvgIpc) is 3.17. The standard InChI is InChI=1S/C44H82N10O10/c1-23(2)17-31(40(59)48-28(11)37(56)47-22-36(55)50-35(44(63)64)21-27(9)10)51-38(57)29(12)49-41(60)32(18-24(3)4)53-43(62)34(20-26(7)8)54-42(61)33(19-25(5)6)52-39(58)30(46)15-13-14-16-45/h23-35H,13-22,45-46H2,1-12H3,(H,47,56)(H,48,59)(H,49,60)(H,50,55)(H,51,57)(H,52,58)(H,53,62)(H,54,61)(H,63,64)/t28-,29-,30-,31-,32-,33-,34-,35-/m0/s1. The van der Waals surface area contributed by atoms with Crippen LogP contribution in [0.1, 0.15) is 134 Å². The maximum atomic E-state index is 13.9. The van der Waals surface area contributed by atoms with Crippen molar-refractivity contribution >= 4 is 53.2 Å². The minimum absolute atomic E-state index is 0.00498. The lowest BCUT2D eigenvalue weighted by molar-refractivity contribution is -0.142. The van der Waals surface area contributed by atoms with Gasteiger partial charge in [0, 0.05) is 0 Å². The molecule has 0 rings (SSSR count). The Morgan fingerprint density at radius 2 is 0.750 bits per heavy atom. The zero-order valence-corrected chi connectivity index (χ0v) is 40.4. The molecule has 8 amide bonds. The number of rotatable bonds is 31. The molecule has 0 spiro atoms. The van der Waals surface area contributed by atoms with Crippen LogP contribution in [0, 0.1) is 29.6 Å². The maximum absolute atomic E-state index is 13.9. The first kappa shape index (κ1) is 59.1. The second kappa shape index (κ2) is 30.3. The molecule has 0 saturated carbocycles.